The molecule has 0 amide bonds. The van der Waals surface area contributed by atoms with E-state index in [0.29, 0.717) is 5.41 Å². The molecule has 0 aromatic carbocycles. The lowest BCUT2D eigenvalue weighted by atomic mass is 9.57. The first-order chi connectivity index (χ1) is 11.6. The van der Waals surface area contributed by atoms with Crippen molar-refractivity contribution in [2.75, 3.05) is 52.4 Å². The number of hydrogen-bond donors (Lipinski definition) is 1. The van der Waals surface area contributed by atoms with Crippen LogP contribution in [-0.2, 0) is 0 Å². The largest absolute Gasteiger partial charge is 0.315 e. The molecule has 138 valence electrons. The Balaban J connectivity index is 1.18. The molecular weight excluding hydrogens is 294 g/mol. The van der Waals surface area contributed by atoms with E-state index >= 15 is 0 Å². The normalized spacial score (nSPS) is 38.0. The first kappa shape index (κ1) is 17.3. The molecule has 4 aliphatic rings. The zero-order valence-electron chi connectivity index (χ0n) is 16.2. The average molecular weight is 334 g/mol. The predicted molar refractivity (Wildman–Crippen MR) is 101 cm³/mol. The number of nitrogens with one attached hydrogen (secondary N) is 1. The van der Waals surface area contributed by atoms with Gasteiger partial charge < -0.3 is 15.1 Å². The molecule has 24 heavy (non-hydrogen) atoms. The van der Waals surface area contributed by atoms with Gasteiger partial charge in [-0.25, -0.2) is 0 Å². The van der Waals surface area contributed by atoms with Crippen LogP contribution in [0.5, 0.6) is 0 Å². The molecule has 2 saturated carbocycles. The molecule has 3 nitrogen and oxygen atoms in total. The topological polar surface area (TPSA) is 18.5 Å². The Morgan fingerprint density at radius 1 is 0.958 bits per heavy atom. The van der Waals surface area contributed by atoms with Gasteiger partial charge in [-0.05, 0) is 93.8 Å². The fraction of sp³-hybridized carbons (Fsp3) is 1.00. The van der Waals surface area contributed by atoms with Crippen LogP contribution in [0.1, 0.15) is 58.8 Å². The Morgan fingerprint density at radius 3 is 2.38 bits per heavy atom. The maximum atomic E-state index is 3.53. The van der Waals surface area contributed by atoms with Crippen LogP contribution in [0.15, 0.2) is 0 Å². The minimum absolute atomic E-state index is 0.702. The highest BCUT2D eigenvalue weighted by Gasteiger charge is 2.51. The van der Waals surface area contributed by atoms with E-state index in [1.54, 1.807) is 0 Å². The van der Waals surface area contributed by atoms with Crippen LogP contribution in [0, 0.1) is 22.7 Å². The summed E-state index contributed by atoms with van der Waals surface area (Å²) in [7, 11) is 0. The van der Waals surface area contributed by atoms with Gasteiger partial charge in [-0.3, -0.25) is 0 Å². The van der Waals surface area contributed by atoms with E-state index in [2.05, 4.69) is 29.0 Å². The molecule has 4 fully saturated rings. The third-order valence-electron chi connectivity index (χ3n) is 8.15. The van der Waals surface area contributed by atoms with Gasteiger partial charge in [0.2, 0.25) is 0 Å². The van der Waals surface area contributed by atoms with Crippen LogP contribution in [0.4, 0.5) is 0 Å². The smallest absolute Gasteiger partial charge is 0.0107 e. The van der Waals surface area contributed by atoms with Crippen LogP contribution >= 0.6 is 0 Å². The highest BCUT2D eigenvalue weighted by Crippen LogP contribution is 2.57. The summed E-state index contributed by atoms with van der Waals surface area (Å²) in [6.45, 7) is 15.4. The molecule has 2 heterocycles. The van der Waals surface area contributed by atoms with Gasteiger partial charge in [-0.1, -0.05) is 13.8 Å². The molecule has 3 heteroatoms. The lowest BCUT2D eigenvalue weighted by Gasteiger charge is -2.53. The van der Waals surface area contributed by atoms with Crippen molar-refractivity contribution in [1.29, 1.82) is 0 Å². The van der Waals surface area contributed by atoms with Crippen LogP contribution < -0.4 is 5.32 Å². The molecule has 2 atom stereocenters. The highest BCUT2D eigenvalue weighted by molar-refractivity contribution is 5.03. The lowest BCUT2D eigenvalue weighted by molar-refractivity contribution is -0.0294. The molecule has 0 aromatic rings. The predicted octanol–water partition coefficient (Wildman–Crippen LogP) is 3.21. The second-order valence-electron chi connectivity index (χ2n) is 9.78. The minimum Gasteiger partial charge on any atom is -0.315 e. The van der Waals surface area contributed by atoms with Crippen LogP contribution in [0.3, 0.4) is 0 Å². The van der Waals surface area contributed by atoms with Crippen molar-refractivity contribution in [2.24, 2.45) is 22.7 Å². The molecule has 2 aliphatic carbocycles. The highest BCUT2D eigenvalue weighted by atomic mass is 15.2. The summed E-state index contributed by atoms with van der Waals surface area (Å²) in [6, 6.07) is 0. The molecule has 1 N–H and O–H groups in total. The summed E-state index contributed by atoms with van der Waals surface area (Å²) in [5.74, 6) is 1.98. The molecule has 0 bridgehead atoms. The van der Waals surface area contributed by atoms with Gasteiger partial charge >= 0.3 is 0 Å². The number of piperidine rings is 1. The minimum atomic E-state index is 0.702. The molecule has 4 rings (SSSR count). The van der Waals surface area contributed by atoms with Crippen molar-refractivity contribution in [2.45, 2.75) is 58.8 Å². The van der Waals surface area contributed by atoms with Gasteiger partial charge in [0.1, 0.15) is 0 Å². The third kappa shape index (κ3) is 3.54. The van der Waals surface area contributed by atoms with Crippen molar-refractivity contribution in [3.8, 4) is 0 Å². The Hall–Kier alpha value is -0.120. The SMILES string of the molecule is CCC1(CN2CCC3(CC2)CC(CN2CCCNCC2)C3)CC1C. The van der Waals surface area contributed by atoms with Crippen molar-refractivity contribution >= 4 is 0 Å². The number of rotatable bonds is 5. The molecule has 0 radical (unpaired) electrons. The van der Waals surface area contributed by atoms with Crippen LogP contribution in [0.2, 0.25) is 0 Å². The van der Waals surface area contributed by atoms with Crippen LogP contribution in [-0.4, -0.2) is 62.2 Å². The Morgan fingerprint density at radius 2 is 1.71 bits per heavy atom. The van der Waals surface area contributed by atoms with E-state index in [4.69, 9.17) is 0 Å². The maximum absolute atomic E-state index is 3.53. The van der Waals surface area contributed by atoms with E-state index in [-0.39, 0.29) is 0 Å². The zero-order chi connectivity index (χ0) is 16.6. The second kappa shape index (κ2) is 6.89. The summed E-state index contributed by atoms with van der Waals surface area (Å²) in [5, 5.41) is 3.53. The fourth-order valence-electron chi connectivity index (χ4n) is 6.16. The standard InChI is InChI=1S/C21H39N3/c1-3-21(13-18(21)2)17-24-10-5-20(6-11-24)14-19(15-20)16-23-9-4-7-22-8-12-23/h18-19,22H,3-17H2,1-2H3. The van der Waals surface area contributed by atoms with Crippen molar-refractivity contribution in [3.63, 3.8) is 0 Å². The van der Waals surface area contributed by atoms with E-state index in [0.717, 1.165) is 17.3 Å². The fourth-order valence-corrected chi connectivity index (χ4v) is 6.16. The summed E-state index contributed by atoms with van der Waals surface area (Å²) in [5.41, 5.74) is 1.45. The quantitative estimate of drug-likeness (QED) is 0.833. The summed E-state index contributed by atoms with van der Waals surface area (Å²) < 4.78 is 0. The molecule has 2 aliphatic heterocycles. The summed E-state index contributed by atoms with van der Waals surface area (Å²) >= 11 is 0. The number of likely N-dealkylation sites (tertiary alicyclic amines) is 1. The first-order valence-corrected chi connectivity index (χ1v) is 10.8. The van der Waals surface area contributed by atoms with E-state index < -0.39 is 0 Å². The first-order valence-electron chi connectivity index (χ1n) is 10.8. The van der Waals surface area contributed by atoms with Crippen LogP contribution in [0.25, 0.3) is 0 Å². The van der Waals surface area contributed by atoms with E-state index in [1.165, 1.54) is 97.3 Å². The lowest BCUT2D eigenvalue weighted by Crippen LogP contribution is -2.50. The van der Waals surface area contributed by atoms with E-state index in [9.17, 15) is 0 Å². The van der Waals surface area contributed by atoms with Crippen molar-refractivity contribution in [3.05, 3.63) is 0 Å². The summed E-state index contributed by atoms with van der Waals surface area (Å²) in [4.78, 5) is 5.54. The summed E-state index contributed by atoms with van der Waals surface area (Å²) in [6.07, 6.45) is 10.2. The third-order valence-corrected chi connectivity index (χ3v) is 8.15. The van der Waals surface area contributed by atoms with Gasteiger partial charge in [-0.15, -0.1) is 0 Å². The maximum Gasteiger partial charge on any atom is 0.0107 e. The monoisotopic (exact) mass is 333 g/mol. The molecule has 2 saturated heterocycles. The molecule has 2 unspecified atom stereocenters. The van der Waals surface area contributed by atoms with Crippen molar-refractivity contribution in [1.82, 2.24) is 15.1 Å². The Labute approximate surface area is 149 Å². The van der Waals surface area contributed by atoms with Gasteiger partial charge in [0.25, 0.3) is 0 Å². The molecular formula is C21H39N3. The average Bonchev–Trinajstić information content (AvgIpc) is 3.27. The van der Waals surface area contributed by atoms with Gasteiger partial charge in [0, 0.05) is 26.2 Å². The molecule has 1 spiro atoms. The Kier molecular flexibility index (Phi) is 4.96. The van der Waals surface area contributed by atoms with Gasteiger partial charge in [-0.2, -0.15) is 0 Å². The van der Waals surface area contributed by atoms with Crippen molar-refractivity contribution < 1.29 is 0 Å². The number of nitrogens with zero attached hydrogens (tertiary/aromatic N) is 2. The van der Waals surface area contributed by atoms with Gasteiger partial charge in [0.15, 0.2) is 0 Å². The number of hydrogen-bond acceptors (Lipinski definition) is 3. The zero-order valence-corrected chi connectivity index (χ0v) is 16.2. The van der Waals surface area contributed by atoms with E-state index in [1.807, 2.05) is 0 Å². The Bertz CT molecular complexity index is 409. The molecule has 0 aromatic heterocycles. The van der Waals surface area contributed by atoms with Gasteiger partial charge in [0.05, 0.1) is 0 Å². The second-order valence-corrected chi connectivity index (χ2v) is 9.78.